The van der Waals surface area contributed by atoms with E-state index in [1.807, 2.05) is 0 Å². The lowest BCUT2D eigenvalue weighted by Gasteiger charge is -2.05. The van der Waals surface area contributed by atoms with Gasteiger partial charge >= 0.3 is 0 Å². The fourth-order valence-corrected chi connectivity index (χ4v) is 4.02. The van der Waals surface area contributed by atoms with Crippen LogP contribution in [0.15, 0.2) is 18.2 Å². The highest BCUT2D eigenvalue weighted by Gasteiger charge is 2.23. The summed E-state index contributed by atoms with van der Waals surface area (Å²) in [4.78, 5) is 23.9. The fourth-order valence-electron chi connectivity index (χ4n) is 2.79. The van der Waals surface area contributed by atoms with Crippen LogP contribution < -0.4 is 5.32 Å². The number of nitro groups is 1. The van der Waals surface area contributed by atoms with E-state index in [-0.39, 0.29) is 11.6 Å². The number of nitrogens with zero attached hydrogens (tertiary/aromatic N) is 2. The molecule has 0 aliphatic heterocycles. The Balaban J connectivity index is 1.87. The van der Waals surface area contributed by atoms with Crippen molar-refractivity contribution in [3.63, 3.8) is 0 Å². The van der Waals surface area contributed by atoms with Gasteiger partial charge in [-0.1, -0.05) is 0 Å². The van der Waals surface area contributed by atoms with E-state index in [0.29, 0.717) is 21.7 Å². The van der Waals surface area contributed by atoms with Gasteiger partial charge in [0.15, 0.2) is 0 Å². The smallest absolute Gasteiger partial charge is 0.272 e. The van der Waals surface area contributed by atoms with E-state index in [9.17, 15) is 20.2 Å². The number of hydrogen-bond donors (Lipinski definition) is 1. The number of fused-ring (bicyclic) bond motifs is 1. The minimum atomic E-state index is -0.478. The first-order valence-electron chi connectivity index (χ1n) is 7.12. The Morgan fingerprint density at radius 1 is 1.43 bits per heavy atom. The molecule has 116 valence electrons. The average molecular weight is 327 g/mol. The minimum Gasteiger partial charge on any atom is -0.312 e. The second-order valence-electron chi connectivity index (χ2n) is 5.39. The molecule has 0 saturated carbocycles. The molecule has 1 aliphatic carbocycles. The molecule has 1 N–H and O–H groups in total. The van der Waals surface area contributed by atoms with Crippen molar-refractivity contribution in [1.82, 2.24) is 0 Å². The molecular weight excluding hydrogens is 314 g/mol. The van der Waals surface area contributed by atoms with Crippen molar-refractivity contribution in [3.8, 4) is 6.07 Å². The molecule has 1 aliphatic rings. The zero-order valence-corrected chi connectivity index (χ0v) is 13.2. The number of nitro benzene ring substituents is 1. The summed E-state index contributed by atoms with van der Waals surface area (Å²) >= 11 is 1.45. The van der Waals surface area contributed by atoms with Crippen molar-refractivity contribution in [2.75, 3.05) is 5.32 Å². The van der Waals surface area contributed by atoms with E-state index in [0.717, 1.165) is 29.7 Å². The number of nitriles is 1. The SMILES string of the molecule is Cc1cc(C(=O)Nc2sc3c(c2C#N)CCC3)ccc1[N+](=O)[O-]. The van der Waals surface area contributed by atoms with Gasteiger partial charge in [-0.15, -0.1) is 11.3 Å². The standard InChI is InChI=1S/C16H13N3O3S/c1-9-7-10(5-6-13(9)19(21)22)15(20)18-16-12(8-17)11-3-2-4-14(11)23-16/h5-7H,2-4H2,1H3,(H,18,20). The highest BCUT2D eigenvalue weighted by Crippen LogP contribution is 2.38. The van der Waals surface area contributed by atoms with Crippen LogP contribution in [-0.4, -0.2) is 10.8 Å². The van der Waals surface area contributed by atoms with Crippen LogP contribution in [0.2, 0.25) is 0 Å². The third-order valence-corrected chi connectivity index (χ3v) is 5.12. The Kier molecular flexibility index (Phi) is 3.84. The second-order valence-corrected chi connectivity index (χ2v) is 6.49. The Bertz CT molecular complexity index is 864. The Hall–Kier alpha value is -2.72. The number of hydrogen-bond acceptors (Lipinski definition) is 5. The molecule has 0 unspecified atom stereocenters. The molecule has 1 amide bonds. The molecule has 0 fully saturated rings. The number of anilines is 1. The number of amides is 1. The predicted octanol–water partition coefficient (Wildman–Crippen LogP) is 3.58. The number of thiophene rings is 1. The van der Waals surface area contributed by atoms with Gasteiger partial charge in [0.1, 0.15) is 11.1 Å². The summed E-state index contributed by atoms with van der Waals surface area (Å²) in [5.41, 5.74) is 2.35. The third-order valence-electron chi connectivity index (χ3n) is 3.92. The molecule has 0 atom stereocenters. The molecular formula is C16H13N3O3S. The number of rotatable bonds is 3. The molecule has 3 rings (SSSR count). The highest BCUT2D eigenvalue weighted by molar-refractivity contribution is 7.16. The molecule has 23 heavy (non-hydrogen) atoms. The molecule has 0 saturated heterocycles. The maximum Gasteiger partial charge on any atom is 0.272 e. The van der Waals surface area contributed by atoms with Crippen molar-refractivity contribution < 1.29 is 9.72 Å². The summed E-state index contributed by atoms with van der Waals surface area (Å²) in [5, 5.41) is 23.5. The molecule has 6 nitrogen and oxygen atoms in total. The number of carbonyl (C=O) groups is 1. The largest absolute Gasteiger partial charge is 0.312 e. The lowest BCUT2D eigenvalue weighted by molar-refractivity contribution is -0.385. The van der Waals surface area contributed by atoms with Gasteiger partial charge in [-0.05, 0) is 43.9 Å². The van der Waals surface area contributed by atoms with Crippen molar-refractivity contribution in [2.45, 2.75) is 26.2 Å². The van der Waals surface area contributed by atoms with Crippen molar-refractivity contribution in [2.24, 2.45) is 0 Å². The molecule has 1 aromatic carbocycles. The van der Waals surface area contributed by atoms with Crippen LogP contribution in [0.5, 0.6) is 0 Å². The lowest BCUT2D eigenvalue weighted by atomic mass is 10.1. The summed E-state index contributed by atoms with van der Waals surface area (Å²) in [7, 11) is 0. The highest BCUT2D eigenvalue weighted by atomic mass is 32.1. The van der Waals surface area contributed by atoms with Gasteiger partial charge in [-0.2, -0.15) is 5.26 Å². The maximum absolute atomic E-state index is 12.4. The van der Waals surface area contributed by atoms with Crippen LogP contribution in [0.3, 0.4) is 0 Å². The van der Waals surface area contributed by atoms with Gasteiger partial charge in [-0.25, -0.2) is 0 Å². The van der Waals surface area contributed by atoms with Gasteiger partial charge < -0.3 is 5.32 Å². The van der Waals surface area contributed by atoms with Gasteiger partial charge in [0.25, 0.3) is 11.6 Å². The van der Waals surface area contributed by atoms with Crippen LogP contribution in [0.1, 0.15) is 38.3 Å². The lowest BCUT2D eigenvalue weighted by Crippen LogP contribution is -2.12. The van der Waals surface area contributed by atoms with E-state index >= 15 is 0 Å². The Morgan fingerprint density at radius 2 is 2.22 bits per heavy atom. The van der Waals surface area contributed by atoms with E-state index in [4.69, 9.17) is 0 Å². The van der Waals surface area contributed by atoms with Crippen molar-refractivity contribution >= 4 is 27.9 Å². The molecule has 0 bridgehead atoms. The van der Waals surface area contributed by atoms with Crippen LogP contribution in [0.4, 0.5) is 10.7 Å². The molecule has 0 spiro atoms. The Labute approximate surface area is 136 Å². The summed E-state index contributed by atoms with van der Waals surface area (Å²) in [6.07, 6.45) is 2.87. The van der Waals surface area contributed by atoms with Gasteiger partial charge in [-0.3, -0.25) is 14.9 Å². The van der Waals surface area contributed by atoms with Gasteiger partial charge in [0.2, 0.25) is 0 Å². The minimum absolute atomic E-state index is 0.0191. The quantitative estimate of drug-likeness (QED) is 0.688. The van der Waals surface area contributed by atoms with E-state index in [2.05, 4.69) is 11.4 Å². The first kappa shape index (κ1) is 15.2. The summed E-state index contributed by atoms with van der Waals surface area (Å²) < 4.78 is 0. The van der Waals surface area contributed by atoms with Crippen LogP contribution in [0, 0.1) is 28.4 Å². The Morgan fingerprint density at radius 3 is 2.87 bits per heavy atom. The molecule has 1 aromatic heterocycles. The maximum atomic E-state index is 12.4. The van der Waals surface area contributed by atoms with E-state index < -0.39 is 4.92 Å². The van der Waals surface area contributed by atoms with Gasteiger partial charge in [0.05, 0.1) is 10.5 Å². The first-order valence-corrected chi connectivity index (χ1v) is 7.94. The topological polar surface area (TPSA) is 96.0 Å². The fraction of sp³-hybridized carbons (Fsp3) is 0.250. The third kappa shape index (κ3) is 2.69. The van der Waals surface area contributed by atoms with Crippen LogP contribution in [0.25, 0.3) is 0 Å². The van der Waals surface area contributed by atoms with E-state index in [1.165, 1.54) is 29.5 Å². The predicted molar refractivity (Wildman–Crippen MR) is 86.8 cm³/mol. The molecule has 2 aromatic rings. The van der Waals surface area contributed by atoms with Crippen LogP contribution in [-0.2, 0) is 12.8 Å². The number of aryl methyl sites for hydroxylation is 2. The zero-order chi connectivity index (χ0) is 16.6. The molecule has 1 heterocycles. The van der Waals surface area contributed by atoms with Crippen molar-refractivity contribution in [1.29, 1.82) is 5.26 Å². The van der Waals surface area contributed by atoms with Crippen LogP contribution >= 0.6 is 11.3 Å². The summed E-state index contributed by atoms with van der Waals surface area (Å²) in [6, 6.07) is 6.41. The second kappa shape index (κ2) is 5.82. The zero-order valence-electron chi connectivity index (χ0n) is 12.4. The molecule has 0 radical (unpaired) electrons. The monoisotopic (exact) mass is 327 g/mol. The number of carbonyl (C=O) groups excluding carboxylic acids is 1. The van der Waals surface area contributed by atoms with Crippen molar-refractivity contribution in [3.05, 3.63) is 55.4 Å². The van der Waals surface area contributed by atoms with Gasteiger partial charge in [0, 0.05) is 22.1 Å². The number of nitrogens with one attached hydrogen (secondary N) is 1. The van der Waals surface area contributed by atoms with E-state index in [1.54, 1.807) is 6.92 Å². The first-order chi connectivity index (χ1) is 11.0. The molecule has 7 heteroatoms. The normalized spacial score (nSPS) is 12.5. The average Bonchev–Trinajstić information content (AvgIpc) is 3.06. The summed E-state index contributed by atoms with van der Waals surface area (Å²) in [6.45, 7) is 1.59. The number of benzene rings is 1. The summed E-state index contributed by atoms with van der Waals surface area (Å²) in [5.74, 6) is -0.362.